The quantitative estimate of drug-likeness (QED) is 0.480. The maximum absolute atomic E-state index is 5.71. The van der Waals surface area contributed by atoms with Crippen molar-refractivity contribution < 1.29 is 0 Å². The molecule has 4 heteroatoms. The van der Waals surface area contributed by atoms with Crippen molar-refractivity contribution in [3.63, 3.8) is 0 Å². The molecule has 4 nitrogen and oxygen atoms in total. The molecule has 1 aliphatic heterocycles. The summed E-state index contributed by atoms with van der Waals surface area (Å²) in [6.07, 6.45) is 2.21. The zero-order valence-corrected chi connectivity index (χ0v) is 8.58. The van der Waals surface area contributed by atoms with Gasteiger partial charge in [-0.1, -0.05) is 6.92 Å². The zero-order chi connectivity index (χ0) is 9.68. The molecular formula is C9H20N4. The summed E-state index contributed by atoms with van der Waals surface area (Å²) < 4.78 is 0. The second-order valence-electron chi connectivity index (χ2n) is 3.66. The average Bonchev–Trinajstić information content (AvgIpc) is 2.48. The summed E-state index contributed by atoms with van der Waals surface area (Å²) in [7, 11) is 2.13. The van der Waals surface area contributed by atoms with Crippen LogP contribution >= 0.6 is 0 Å². The number of nitrogens with two attached hydrogens (primary N) is 1. The monoisotopic (exact) mass is 184 g/mol. The smallest absolute Gasteiger partial charge is 0.188 e. The number of hydrogen-bond acceptors (Lipinski definition) is 2. The Morgan fingerprint density at radius 3 is 3.00 bits per heavy atom. The lowest BCUT2D eigenvalue weighted by Gasteiger charge is -2.12. The van der Waals surface area contributed by atoms with Gasteiger partial charge in [0.2, 0.25) is 0 Å². The van der Waals surface area contributed by atoms with Crippen LogP contribution in [0, 0.1) is 0 Å². The summed E-state index contributed by atoms with van der Waals surface area (Å²) in [5.74, 6) is 0.599. The molecule has 0 aromatic heterocycles. The van der Waals surface area contributed by atoms with Crippen LogP contribution in [-0.2, 0) is 0 Å². The van der Waals surface area contributed by atoms with Crippen LogP contribution in [0.1, 0.15) is 19.8 Å². The fourth-order valence-corrected chi connectivity index (χ4v) is 1.54. The van der Waals surface area contributed by atoms with Gasteiger partial charge in [0, 0.05) is 19.1 Å². The van der Waals surface area contributed by atoms with E-state index in [-0.39, 0.29) is 0 Å². The van der Waals surface area contributed by atoms with E-state index in [2.05, 4.69) is 29.2 Å². The van der Waals surface area contributed by atoms with Gasteiger partial charge in [-0.2, -0.15) is 0 Å². The maximum atomic E-state index is 5.71. The number of likely N-dealkylation sites (N-methyl/N-ethyl adjacent to an activating group) is 1. The van der Waals surface area contributed by atoms with Crippen LogP contribution in [0.4, 0.5) is 0 Å². The minimum Gasteiger partial charge on any atom is -0.370 e. The molecule has 1 rings (SSSR count). The van der Waals surface area contributed by atoms with Crippen molar-refractivity contribution in [2.75, 3.05) is 26.7 Å². The normalized spacial score (nSPS) is 25.1. The van der Waals surface area contributed by atoms with Gasteiger partial charge in [-0.15, -0.1) is 0 Å². The van der Waals surface area contributed by atoms with Crippen molar-refractivity contribution in [2.24, 2.45) is 10.7 Å². The van der Waals surface area contributed by atoms with Gasteiger partial charge in [0.05, 0.1) is 0 Å². The molecule has 1 atom stereocenters. The number of aliphatic imine (C=N–C) groups is 1. The molecule has 0 saturated carbocycles. The highest BCUT2D eigenvalue weighted by molar-refractivity contribution is 5.78. The molecule has 1 unspecified atom stereocenters. The summed E-state index contributed by atoms with van der Waals surface area (Å²) >= 11 is 0. The molecule has 0 spiro atoms. The lowest BCUT2D eigenvalue weighted by molar-refractivity contribution is 0.407. The van der Waals surface area contributed by atoms with Crippen LogP contribution in [0.3, 0.4) is 0 Å². The number of guanidine groups is 1. The highest BCUT2D eigenvalue weighted by Crippen LogP contribution is 2.05. The van der Waals surface area contributed by atoms with Gasteiger partial charge in [0.25, 0.3) is 0 Å². The van der Waals surface area contributed by atoms with Gasteiger partial charge in [-0.3, -0.25) is 4.99 Å². The lowest BCUT2D eigenvalue weighted by atomic mass is 10.3. The van der Waals surface area contributed by atoms with E-state index < -0.39 is 0 Å². The minimum absolute atomic E-state index is 0.491. The molecule has 1 saturated heterocycles. The van der Waals surface area contributed by atoms with Crippen molar-refractivity contribution in [3.05, 3.63) is 0 Å². The molecular weight excluding hydrogens is 164 g/mol. The summed E-state index contributed by atoms with van der Waals surface area (Å²) in [6.45, 7) is 5.14. The van der Waals surface area contributed by atoms with Crippen molar-refractivity contribution in [1.82, 2.24) is 10.2 Å². The number of nitrogens with zero attached hydrogens (tertiary/aromatic N) is 2. The molecule has 0 bridgehead atoms. The van der Waals surface area contributed by atoms with Crippen LogP contribution in [0.25, 0.3) is 0 Å². The zero-order valence-electron chi connectivity index (χ0n) is 8.58. The molecule has 13 heavy (non-hydrogen) atoms. The van der Waals surface area contributed by atoms with Crippen LogP contribution in [0.2, 0.25) is 0 Å². The summed E-state index contributed by atoms with van der Waals surface area (Å²) in [4.78, 5) is 6.49. The third kappa shape index (κ3) is 3.63. The molecule has 76 valence electrons. The fourth-order valence-electron chi connectivity index (χ4n) is 1.54. The van der Waals surface area contributed by atoms with Gasteiger partial charge >= 0.3 is 0 Å². The second kappa shape index (κ2) is 5.07. The largest absolute Gasteiger partial charge is 0.370 e. The van der Waals surface area contributed by atoms with Gasteiger partial charge in [-0.05, 0) is 26.4 Å². The average molecular weight is 184 g/mol. The Kier molecular flexibility index (Phi) is 4.02. The molecule has 1 fully saturated rings. The van der Waals surface area contributed by atoms with E-state index in [0.29, 0.717) is 12.0 Å². The molecule has 0 aromatic carbocycles. The van der Waals surface area contributed by atoms with Crippen LogP contribution < -0.4 is 11.1 Å². The second-order valence-corrected chi connectivity index (χ2v) is 3.66. The molecule has 0 aliphatic carbocycles. The summed E-state index contributed by atoms with van der Waals surface area (Å²) in [6, 6.07) is 0.491. The molecule has 0 aromatic rings. The molecule has 3 N–H and O–H groups in total. The topological polar surface area (TPSA) is 53.6 Å². The van der Waals surface area contributed by atoms with Crippen molar-refractivity contribution in [1.29, 1.82) is 0 Å². The predicted molar refractivity (Wildman–Crippen MR) is 55.8 cm³/mol. The maximum Gasteiger partial charge on any atom is 0.188 e. The Balaban J connectivity index is 2.24. The predicted octanol–water partition coefficient (Wildman–Crippen LogP) is 0.00480. The number of rotatable bonds is 3. The summed E-state index contributed by atoms with van der Waals surface area (Å²) in [5.41, 5.74) is 5.71. The summed E-state index contributed by atoms with van der Waals surface area (Å²) in [5, 5.41) is 3.23. The van der Waals surface area contributed by atoms with E-state index in [1.807, 2.05) is 0 Å². The van der Waals surface area contributed by atoms with E-state index in [4.69, 9.17) is 5.73 Å². The van der Waals surface area contributed by atoms with Gasteiger partial charge in [-0.25, -0.2) is 0 Å². The minimum atomic E-state index is 0.491. The Bertz CT molecular complexity index is 178. The third-order valence-electron chi connectivity index (χ3n) is 2.25. The Labute approximate surface area is 80.2 Å². The number of nitrogens with one attached hydrogen (secondary N) is 1. The van der Waals surface area contributed by atoms with Crippen LogP contribution in [0.15, 0.2) is 4.99 Å². The molecule has 0 radical (unpaired) electrons. The van der Waals surface area contributed by atoms with E-state index in [1.54, 1.807) is 0 Å². The first kappa shape index (κ1) is 10.3. The van der Waals surface area contributed by atoms with Gasteiger partial charge in [0.1, 0.15) is 0 Å². The lowest BCUT2D eigenvalue weighted by Crippen LogP contribution is -2.41. The first-order valence-corrected chi connectivity index (χ1v) is 4.97. The van der Waals surface area contributed by atoms with Crippen LogP contribution in [0.5, 0.6) is 0 Å². The molecule has 1 aliphatic rings. The SMILES string of the molecule is CCCN=C(N)NC1CCN(C)C1. The highest BCUT2D eigenvalue weighted by Gasteiger charge is 2.19. The number of hydrogen-bond donors (Lipinski definition) is 2. The van der Waals surface area contributed by atoms with E-state index >= 15 is 0 Å². The van der Waals surface area contributed by atoms with E-state index in [0.717, 1.165) is 26.1 Å². The first-order valence-electron chi connectivity index (χ1n) is 4.97. The van der Waals surface area contributed by atoms with Crippen molar-refractivity contribution >= 4 is 5.96 Å². The van der Waals surface area contributed by atoms with Gasteiger partial charge < -0.3 is 16.0 Å². The Morgan fingerprint density at radius 2 is 2.46 bits per heavy atom. The van der Waals surface area contributed by atoms with Crippen molar-refractivity contribution in [2.45, 2.75) is 25.8 Å². The number of likely N-dealkylation sites (tertiary alicyclic amines) is 1. The van der Waals surface area contributed by atoms with E-state index in [9.17, 15) is 0 Å². The Morgan fingerprint density at radius 1 is 1.69 bits per heavy atom. The standard InChI is InChI=1S/C9H20N4/c1-3-5-11-9(10)12-8-4-6-13(2)7-8/h8H,3-7H2,1-2H3,(H3,10,11,12). The highest BCUT2D eigenvalue weighted by atomic mass is 15.2. The van der Waals surface area contributed by atoms with Gasteiger partial charge in [0.15, 0.2) is 5.96 Å². The van der Waals surface area contributed by atoms with Crippen molar-refractivity contribution in [3.8, 4) is 0 Å². The fraction of sp³-hybridized carbons (Fsp3) is 0.889. The first-order chi connectivity index (χ1) is 6.22. The Hall–Kier alpha value is -0.770. The van der Waals surface area contributed by atoms with E-state index in [1.165, 1.54) is 6.42 Å². The molecule has 1 heterocycles. The molecule has 0 amide bonds. The van der Waals surface area contributed by atoms with Crippen LogP contribution in [-0.4, -0.2) is 43.6 Å². The third-order valence-corrected chi connectivity index (χ3v) is 2.25.